The van der Waals surface area contributed by atoms with Crippen molar-refractivity contribution in [3.63, 3.8) is 0 Å². The Morgan fingerprint density at radius 2 is 2.04 bits per heavy atom. The number of nitrogens with one attached hydrogen (secondary N) is 1. The highest BCUT2D eigenvalue weighted by atomic mass is 16.5. The molecule has 0 aliphatic carbocycles. The van der Waals surface area contributed by atoms with E-state index in [1.165, 1.54) is 0 Å². The molecule has 2 aromatic rings. The lowest BCUT2D eigenvalue weighted by atomic mass is 10.1. The largest absolute Gasteiger partial charge is 0.382 e. The van der Waals surface area contributed by atoms with Crippen LogP contribution in [0.3, 0.4) is 0 Å². The molecule has 0 fully saturated rings. The first-order valence-corrected chi connectivity index (χ1v) is 8.05. The zero-order valence-electron chi connectivity index (χ0n) is 14.5. The van der Waals surface area contributed by atoms with Crippen molar-refractivity contribution in [3.8, 4) is 0 Å². The van der Waals surface area contributed by atoms with E-state index in [-0.39, 0.29) is 5.91 Å². The van der Waals surface area contributed by atoms with Crippen LogP contribution in [0, 0.1) is 13.8 Å². The lowest BCUT2D eigenvalue weighted by Crippen LogP contribution is -2.27. The first kappa shape index (κ1) is 18.2. The molecule has 0 saturated heterocycles. The Labute approximate surface area is 142 Å². The second-order valence-electron chi connectivity index (χ2n) is 5.65. The molecule has 1 aromatic heterocycles. The van der Waals surface area contributed by atoms with E-state index in [1.807, 2.05) is 48.9 Å². The average Bonchev–Trinajstić information content (AvgIpc) is 2.88. The number of aryl methyl sites for hydroxylation is 2. The molecule has 0 radical (unpaired) electrons. The number of methoxy groups -OCH3 is 1. The minimum absolute atomic E-state index is 0.0967. The van der Waals surface area contributed by atoms with Gasteiger partial charge in [0.15, 0.2) is 0 Å². The van der Waals surface area contributed by atoms with Crippen molar-refractivity contribution in [2.24, 2.45) is 0 Å². The SMILES string of the molecule is COCCOCCNC(=O)c1cccc(Cn2nc(C)cc2C)c1. The molecule has 130 valence electrons. The maximum atomic E-state index is 12.2. The van der Waals surface area contributed by atoms with Crippen LogP contribution < -0.4 is 5.32 Å². The first-order chi connectivity index (χ1) is 11.6. The van der Waals surface area contributed by atoms with Crippen LogP contribution in [-0.2, 0) is 16.0 Å². The van der Waals surface area contributed by atoms with Gasteiger partial charge in [0.2, 0.25) is 0 Å². The van der Waals surface area contributed by atoms with E-state index in [0.29, 0.717) is 38.5 Å². The van der Waals surface area contributed by atoms with E-state index < -0.39 is 0 Å². The summed E-state index contributed by atoms with van der Waals surface area (Å²) in [5.41, 5.74) is 3.79. The van der Waals surface area contributed by atoms with Gasteiger partial charge >= 0.3 is 0 Å². The number of aromatic nitrogens is 2. The Morgan fingerprint density at radius 1 is 1.21 bits per heavy atom. The monoisotopic (exact) mass is 331 g/mol. The van der Waals surface area contributed by atoms with Crippen LogP contribution in [0.4, 0.5) is 0 Å². The maximum Gasteiger partial charge on any atom is 0.251 e. The highest BCUT2D eigenvalue weighted by Crippen LogP contribution is 2.10. The Bertz CT molecular complexity index is 667. The van der Waals surface area contributed by atoms with E-state index in [1.54, 1.807) is 7.11 Å². The molecule has 0 aliphatic heterocycles. The number of amides is 1. The van der Waals surface area contributed by atoms with Gasteiger partial charge in [-0.25, -0.2) is 0 Å². The number of rotatable bonds is 9. The van der Waals surface area contributed by atoms with Gasteiger partial charge < -0.3 is 14.8 Å². The van der Waals surface area contributed by atoms with Gasteiger partial charge in [-0.3, -0.25) is 9.48 Å². The molecular weight excluding hydrogens is 306 g/mol. The van der Waals surface area contributed by atoms with Crippen molar-refractivity contribution < 1.29 is 14.3 Å². The molecule has 1 N–H and O–H groups in total. The minimum atomic E-state index is -0.0967. The number of carbonyl (C=O) groups is 1. The fourth-order valence-corrected chi connectivity index (χ4v) is 2.40. The Kier molecular flexibility index (Phi) is 6.96. The molecule has 0 atom stereocenters. The molecular formula is C18H25N3O3. The number of nitrogens with zero attached hydrogens (tertiary/aromatic N) is 2. The predicted octanol–water partition coefficient (Wildman–Crippen LogP) is 1.94. The standard InChI is InChI=1S/C18H25N3O3/c1-14-11-15(2)21(20-14)13-16-5-4-6-17(12-16)18(22)19-7-8-24-10-9-23-3/h4-6,11-12H,7-10,13H2,1-3H3,(H,19,22). The van der Waals surface area contributed by atoms with Gasteiger partial charge in [-0.05, 0) is 37.6 Å². The number of hydrogen-bond acceptors (Lipinski definition) is 4. The molecule has 1 heterocycles. The molecule has 6 nitrogen and oxygen atoms in total. The van der Waals surface area contributed by atoms with Crippen LogP contribution in [0.15, 0.2) is 30.3 Å². The van der Waals surface area contributed by atoms with Crippen molar-refractivity contribution >= 4 is 5.91 Å². The summed E-state index contributed by atoms with van der Waals surface area (Å²) in [6.45, 7) is 6.70. The normalized spacial score (nSPS) is 10.8. The van der Waals surface area contributed by atoms with Crippen LogP contribution in [0.25, 0.3) is 0 Å². The lowest BCUT2D eigenvalue weighted by molar-refractivity contribution is 0.0692. The zero-order valence-corrected chi connectivity index (χ0v) is 14.5. The van der Waals surface area contributed by atoms with Gasteiger partial charge in [-0.1, -0.05) is 12.1 Å². The molecule has 0 unspecified atom stereocenters. The Balaban J connectivity index is 1.87. The van der Waals surface area contributed by atoms with Gasteiger partial charge in [0, 0.05) is 24.9 Å². The van der Waals surface area contributed by atoms with Crippen LogP contribution in [0.5, 0.6) is 0 Å². The van der Waals surface area contributed by atoms with E-state index in [4.69, 9.17) is 9.47 Å². The smallest absolute Gasteiger partial charge is 0.251 e. The van der Waals surface area contributed by atoms with Crippen molar-refractivity contribution in [2.75, 3.05) is 33.5 Å². The van der Waals surface area contributed by atoms with E-state index in [2.05, 4.69) is 10.4 Å². The molecule has 6 heteroatoms. The third kappa shape index (κ3) is 5.47. The van der Waals surface area contributed by atoms with Gasteiger partial charge in [0.1, 0.15) is 0 Å². The van der Waals surface area contributed by atoms with Crippen molar-refractivity contribution in [3.05, 3.63) is 52.8 Å². The molecule has 1 amide bonds. The second kappa shape index (κ2) is 9.20. The topological polar surface area (TPSA) is 65.4 Å². The molecule has 2 rings (SSSR count). The summed E-state index contributed by atoms with van der Waals surface area (Å²) < 4.78 is 12.2. The summed E-state index contributed by atoms with van der Waals surface area (Å²) in [6, 6.07) is 9.65. The number of hydrogen-bond donors (Lipinski definition) is 1. The summed E-state index contributed by atoms with van der Waals surface area (Å²) in [4.78, 5) is 12.2. The van der Waals surface area contributed by atoms with Crippen LogP contribution in [-0.4, -0.2) is 49.2 Å². The zero-order chi connectivity index (χ0) is 17.4. The number of benzene rings is 1. The molecule has 0 saturated carbocycles. The van der Waals surface area contributed by atoms with E-state index >= 15 is 0 Å². The first-order valence-electron chi connectivity index (χ1n) is 8.05. The predicted molar refractivity (Wildman–Crippen MR) is 92.3 cm³/mol. The van der Waals surface area contributed by atoms with Crippen LogP contribution in [0.2, 0.25) is 0 Å². The fourth-order valence-electron chi connectivity index (χ4n) is 2.40. The third-order valence-corrected chi connectivity index (χ3v) is 3.59. The van der Waals surface area contributed by atoms with Crippen molar-refractivity contribution in [2.45, 2.75) is 20.4 Å². The molecule has 1 aromatic carbocycles. The van der Waals surface area contributed by atoms with Crippen molar-refractivity contribution in [1.82, 2.24) is 15.1 Å². The highest BCUT2D eigenvalue weighted by Gasteiger charge is 2.07. The van der Waals surface area contributed by atoms with Gasteiger partial charge in [0.25, 0.3) is 5.91 Å². The van der Waals surface area contributed by atoms with E-state index in [0.717, 1.165) is 17.0 Å². The average molecular weight is 331 g/mol. The molecule has 0 bridgehead atoms. The summed E-state index contributed by atoms with van der Waals surface area (Å²) >= 11 is 0. The van der Waals surface area contributed by atoms with Crippen LogP contribution >= 0.6 is 0 Å². The summed E-state index contributed by atoms with van der Waals surface area (Å²) in [5, 5.41) is 7.31. The summed E-state index contributed by atoms with van der Waals surface area (Å²) in [6.07, 6.45) is 0. The Morgan fingerprint density at radius 3 is 2.75 bits per heavy atom. The van der Waals surface area contributed by atoms with Crippen molar-refractivity contribution in [1.29, 1.82) is 0 Å². The van der Waals surface area contributed by atoms with Gasteiger partial charge in [0.05, 0.1) is 32.1 Å². The summed E-state index contributed by atoms with van der Waals surface area (Å²) in [5.74, 6) is -0.0967. The third-order valence-electron chi connectivity index (χ3n) is 3.59. The number of carbonyl (C=O) groups excluding carboxylic acids is 1. The number of ether oxygens (including phenoxy) is 2. The van der Waals surface area contributed by atoms with E-state index in [9.17, 15) is 4.79 Å². The summed E-state index contributed by atoms with van der Waals surface area (Å²) in [7, 11) is 1.63. The maximum absolute atomic E-state index is 12.2. The minimum Gasteiger partial charge on any atom is -0.382 e. The highest BCUT2D eigenvalue weighted by molar-refractivity contribution is 5.94. The Hall–Kier alpha value is -2.18. The second-order valence-corrected chi connectivity index (χ2v) is 5.65. The van der Waals surface area contributed by atoms with Gasteiger partial charge in [-0.2, -0.15) is 5.10 Å². The molecule has 0 spiro atoms. The molecule has 24 heavy (non-hydrogen) atoms. The fraction of sp³-hybridized carbons (Fsp3) is 0.444. The lowest BCUT2D eigenvalue weighted by Gasteiger charge is -2.09. The quantitative estimate of drug-likeness (QED) is 0.713. The molecule has 0 aliphatic rings. The van der Waals surface area contributed by atoms with Gasteiger partial charge in [-0.15, -0.1) is 0 Å². The van der Waals surface area contributed by atoms with Crippen LogP contribution in [0.1, 0.15) is 27.3 Å².